The molecule has 34 heavy (non-hydrogen) atoms. The number of fused-ring (bicyclic) bond motifs is 1. The van der Waals surface area contributed by atoms with Crippen LogP contribution < -0.4 is 4.72 Å². The molecule has 4 rings (SSSR count). The lowest BCUT2D eigenvalue weighted by Crippen LogP contribution is -2.31. The fraction of sp³-hybridized carbons (Fsp3) is 0.0909. The van der Waals surface area contributed by atoms with Gasteiger partial charge in [-0.25, -0.2) is 26.4 Å². The Hall–Kier alpha value is -3.80. The molecule has 0 atom stereocenters. The van der Waals surface area contributed by atoms with Crippen molar-refractivity contribution in [3.63, 3.8) is 0 Å². The number of nitrogens with one attached hydrogen (secondary N) is 1. The average molecular weight is 495 g/mol. The summed E-state index contributed by atoms with van der Waals surface area (Å²) in [5, 5.41) is 4.23. The molecule has 2 aromatic carbocycles. The molecule has 12 heteroatoms. The zero-order valence-corrected chi connectivity index (χ0v) is 17.8. The highest BCUT2D eigenvalue weighted by atomic mass is 32.2. The molecular formula is C22H14F5N3O3S. The number of benzene rings is 2. The second-order valence-corrected chi connectivity index (χ2v) is 8.85. The van der Waals surface area contributed by atoms with E-state index in [0.29, 0.717) is 16.7 Å². The van der Waals surface area contributed by atoms with Crippen molar-refractivity contribution in [2.45, 2.75) is 11.1 Å². The predicted octanol–water partition coefficient (Wildman–Crippen LogP) is 4.60. The van der Waals surface area contributed by atoms with E-state index in [4.69, 9.17) is 0 Å². The summed E-state index contributed by atoms with van der Waals surface area (Å²) in [5.74, 6) is -1.91. The second kappa shape index (κ2) is 8.52. The summed E-state index contributed by atoms with van der Waals surface area (Å²) in [5.41, 5.74) is 0.471. The van der Waals surface area contributed by atoms with Crippen LogP contribution in [0, 0.1) is 5.82 Å². The lowest BCUT2D eigenvalue weighted by Gasteiger charge is -2.08. The van der Waals surface area contributed by atoms with Gasteiger partial charge in [-0.05, 0) is 42.0 Å². The van der Waals surface area contributed by atoms with E-state index < -0.39 is 40.2 Å². The van der Waals surface area contributed by atoms with Crippen LogP contribution in [0.1, 0.15) is 5.56 Å². The van der Waals surface area contributed by atoms with Gasteiger partial charge in [-0.1, -0.05) is 24.3 Å². The number of nitrogens with zero attached hydrogens (tertiary/aromatic N) is 2. The summed E-state index contributed by atoms with van der Waals surface area (Å²) in [4.78, 5) is 10.8. The van der Waals surface area contributed by atoms with Gasteiger partial charge in [-0.15, -0.1) is 0 Å². The van der Waals surface area contributed by atoms with E-state index >= 15 is 0 Å². The van der Waals surface area contributed by atoms with Crippen LogP contribution in [0.3, 0.4) is 0 Å². The molecule has 0 aliphatic heterocycles. The van der Waals surface area contributed by atoms with Gasteiger partial charge in [0.25, 0.3) is 15.9 Å². The van der Waals surface area contributed by atoms with Crippen LogP contribution in [0.4, 0.5) is 22.0 Å². The summed E-state index contributed by atoms with van der Waals surface area (Å²) in [6.45, 7) is -1.52. The normalized spacial score (nSPS) is 12.1. The maximum Gasteiger partial charge on any atom is 0.417 e. The first-order valence-electron chi connectivity index (χ1n) is 9.57. The molecule has 2 aromatic heterocycles. The minimum absolute atomic E-state index is 0.167. The van der Waals surface area contributed by atoms with Crippen molar-refractivity contribution in [1.82, 2.24) is 14.3 Å². The van der Waals surface area contributed by atoms with Gasteiger partial charge in [-0.2, -0.15) is 18.3 Å². The number of aromatic nitrogens is 2. The molecule has 0 unspecified atom stereocenters. The lowest BCUT2D eigenvalue weighted by atomic mass is 9.99. The molecule has 0 saturated carbocycles. The number of sulfonamides is 1. The third kappa shape index (κ3) is 4.49. The van der Waals surface area contributed by atoms with Crippen LogP contribution in [-0.4, -0.2) is 30.6 Å². The third-order valence-electron chi connectivity index (χ3n) is 4.88. The Bertz CT molecular complexity index is 1500. The van der Waals surface area contributed by atoms with Crippen molar-refractivity contribution in [2.75, 3.05) is 6.67 Å². The Morgan fingerprint density at radius 2 is 1.71 bits per heavy atom. The van der Waals surface area contributed by atoms with Gasteiger partial charge in [0.2, 0.25) is 0 Å². The summed E-state index contributed by atoms with van der Waals surface area (Å²) < 4.78 is 92.8. The monoisotopic (exact) mass is 495 g/mol. The summed E-state index contributed by atoms with van der Waals surface area (Å²) in [6, 6.07) is 12.4. The maximum atomic E-state index is 13.9. The topological polar surface area (TPSA) is 80.5 Å². The highest BCUT2D eigenvalue weighted by molar-refractivity contribution is 7.90. The number of hydrogen-bond donors (Lipinski definition) is 1. The number of carbonyl (C=O) groups excluding carboxylic acids is 1. The molecule has 1 amide bonds. The standard InChI is InChI=1S/C22H14F5N3O3S/c23-11-19(31)29-34(32,33)17-7-4-13(5-8-17)20-18-9-6-15(22(25,26)27)12-30(18)28-21(20)14-2-1-3-16(24)10-14/h1-10,12H,11H2,(H,29,31). The number of hydrogen-bond acceptors (Lipinski definition) is 4. The van der Waals surface area contributed by atoms with E-state index in [9.17, 15) is 35.2 Å². The molecule has 2 heterocycles. The predicted molar refractivity (Wildman–Crippen MR) is 112 cm³/mol. The lowest BCUT2D eigenvalue weighted by molar-refractivity contribution is -0.137. The second-order valence-electron chi connectivity index (χ2n) is 7.17. The zero-order valence-electron chi connectivity index (χ0n) is 17.0. The largest absolute Gasteiger partial charge is 0.417 e. The zero-order chi connectivity index (χ0) is 24.7. The van der Waals surface area contributed by atoms with Crippen LogP contribution in [-0.2, 0) is 21.0 Å². The first-order chi connectivity index (χ1) is 16.0. The average Bonchev–Trinajstić information content (AvgIpc) is 3.17. The third-order valence-corrected chi connectivity index (χ3v) is 6.27. The minimum atomic E-state index is -4.61. The van der Waals surface area contributed by atoms with Crippen LogP contribution in [0.25, 0.3) is 27.9 Å². The van der Waals surface area contributed by atoms with Gasteiger partial charge in [0, 0.05) is 17.3 Å². The highest BCUT2D eigenvalue weighted by Crippen LogP contribution is 2.37. The van der Waals surface area contributed by atoms with Crippen molar-refractivity contribution in [1.29, 1.82) is 0 Å². The van der Waals surface area contributed by atoms with E-state index in [1.54, 1.807) is 4.72 Å². The Morgan fingerprint density at radius 1 is 1.00 bits per heavy atom. The van der Waals surface area contributed by atoms with Crippen LogP contribution >= 0.6 is 0 Å². The van der Waals surface area contributed by atoms with Crippen LogP contribution in [0.15, 0.2) is 71.8 Å². The molecule has 6 nitrogen and oxygen atoms in total. The van der Waals surface area contributed by atoms with Crippen molar-refractivity contribution in [2.24, 2.45) is 0 Å². The van der Waals surface area contributed by atoms with E-state index in [0.717, 1.165) is 28.9 Å². The molecule has 0 saturated heterocycles. The fourth-order valence-corrected chi connectivity index (χ4v) is 4.34. The molecule has 0 radical (unpaired) electrons. The number of rotatable bonds is 5. The van der Waals surface area contributed by atoms with Crippen molar-refractivity contribution in [3.8, 4) is 22.4 Å². The van der Waals surface area contributed by atoms with Crippen molar-refractivity contribution < 1.29 is 35.2 Å². The van der Waals surface area contributed by atoms with E-state index in [1.165, 1.54) is 42.5 Å². The first-order valence-corrected chi connectivity index (χ1v) is 11.1. The Labute approximate surface area is 189 Å². The molecule has 0 spiro atoms. The van der Waals surface area contributed by atoms with Crippen molar-refractivity contribution >= 4 is 21.4 Å². The van der Waals surface area contributed by atoms with Crippen LogP contribution in [0.5, 0.6) is 0 Å². The molecular weight excluding hydrogens is 481 g/mol. The highest BCUT2D eigenvalue weighted by Gasteiger charge is 2.31. The molecule has 4 aromatic rings. The van der Waals surface area contributed by atoms with Gasteiger partial charge in [0.1, 0.15) is 11.5 Å². The molecule has 0 aliphatic carbocycles. The van der Waals surface area contributed by atoms with Gasteiger partial charge >= 0.3 is 6.18 Å². The summed E-state index contributed by atoms with van der Waals surface area (Å²) in [6.07, 6.45) is -3.81. The number of amides is 1. The summed E-state index contributed by atoms with van der Waals surface area (Å²) in [7, 11) is -4.32. The fourth-order valence-electron chi connectivity index (χ4n) is 3.38. The quantitative estimate of drug-likeness (QED) is 0.411. The molecule has 0 fully saturated rings. The Morgan fingerprint density at radius 3 is 2.32 bits per heavy atom. The Kier molecular flexibility index (Phi) is 5.86. The van der Waals surface area contributed by atoms with Crippen LogP contribution in [0.2, 0.25) is 0 Å². The first kappa shape index (κ1) is 23.4. The van der Waals surface area contributed by atoms with E-state index in [-0.39, 0.29) is 16.1 Å². The van der Waals surface area contributed by atoms with Gasteiger partial charge < -0.3 is 0 Å². The molecule has 0 bridgehead atoms. The SMILES string of the molecule is O=C(CF)NS(=O)(=O)c1ccc(-c2c(-c3cccc(F)c3)nn3cc(C(F)(F)F)ccc23)cc1. The van der Waals surface area contributed by atoms with Crippen molar-refractivity contribution in [3.05, 3.63) is 78.2 Å². The number of halogens is 5. The van der Waals surface area contributed by atoms with E-state index in [2.05, 4.69) is 5.10 Å². The molecule has 1 N–H and O–H groups in total. The number of pyridine rings is 1. The van der Waals surface area contributed by atoms with E-state index in [1.807, 2.05) is 0 Å². The smallest absolute Gasteiger partial charge is 0.271 e. The maximum absolute atomic E-state index is 13.9. The number of carbonyl (C=O) groups is 1. The molecule has 0 aliphatic rings. The molecule has 176 valence electrons. The van der Waals surface area contributed by atoms with Gasteiger partial charge in [0.15, 0.2) is 6.67 Å². The van der Waals surface area contributed by atoms with Gasteiger partial charge in [0.05, 0.1) is 16.0 Å². The minimum Gasteiger partial charge on any atom is -0.271 e. The van der Waals surface area contributed by atoms with Gasteiger partial charge in [-0.3, -0.25) is 4.79 Å². The Balaban J connectivity index is 1.88. The number of alkyl halides is 4. The summed E-state index contributed by atoms with van der Waals surface area (Å²) >= 11 is 0.